The summed E-state index contributed by atoms with van der Waals surface area (Å²) in [7, 11) is -3.23. The molecular formula is C15H24BrClN2O2S. The Morgan fingerprint density at radius 3 is 2.55 bits per heavy atom. The Labute approximate surface area is 147 Å². The Morgan fingerprint density at radius 2 is 1.95 bits per heavy atom. The summed E-state index contributed by atoms with van der Waals surface area (Å²) in [4.78, 5) is 2.63. The van der Waals surface area contributed by atoms with Crippen LogP contribution >= 0.6 is 28.3 Å². The molecule has 0 spiro atoms. The zero-order chi connectivity index (χ0) is 15.5. The molecule has 1 saturated heterocycles. The summed E-state index contributed by atoms with van der Waals surface area (Å²) in [5, 5.41) is 0. The molecule has 1 aliphatic rings. The lowest BCUT2D eigenvalue weighted by atomic mass is 9.97. The lowest BCUT2D eigenvalue weighted by Crippen LogP contribution is -2.50. The van der Waals surface area contributed by atoms with Crippen LogP contribution in [0.3, 0.4) is 0 Å². The van der Waals surface area contributed by atoms with Gasteiger partial charge in [-0.05, 0) is 50.6 Å². The fourth-order valence-electron chi connectivity index (χ4n) is 2.89. The van der Waals surface area contributed by atoms with Crippen molar-refractivity contribution < 1.29 is 8.42 Å². The van der Waals surface area contributed by atoms with Crippen molar-refractivity contribution in [1.82, 2.24) is 4.90 Å². The highest BCUT2D eigenvalue weighted by atomic mass is 79.9. The first-order chi connectivity index (χ1) is 9.90. The van der Waals surface area contributed by atoms with E-state index in [9.17, 15) is 8.42 Å². The van der Waals surface area contributed by atoms with Crippen molar-refractivity contribution in [2.24, 2.45) is 5.73 Å². The fraction of sp³-hybridized carbons (Fsp3) is 0.600. The molecule has 2 unspecified atom stereocenters. The molecule has 22 heavy (non-hydrogen) atoms. The Balaban J connectivity index is 0.00000242. The van der Waals surface area contributed by atoms with Crippen molar-refractivity contribution in [3.05, 3.63) is 28.7 Å². The van der Waals surface area contributed by atoms with Gasteiger partial charge in [0.1, 0.15) is 0 Å². The third-order valence-electron chi connectivity index (χ3n) is 4.09. The van der Waals surface area contributed by atoms with Crippen molar-refractivity contribution in [3.8, 4) is 0 Å². The van der Waals surface area contributed by atoms with Crippen LogP contribution in [0.1, 0.15) is 26.2 Å². The Bertz CT molecular complexity index is 563. The molecule has 1 heterocycles. The summed E-state index contributed by atoms with van der Waals surface area (Å²) < 4.78 is 25.7. The number of nitrogens with zero attached hydrogens (tertiary/aromatic N) is 1. The molecular weight excluding hydrogens is 388 g/mol. The van der Waals surface area contributed by atoms with E-state index in [0.717, 1.165) is 23.9 Å². The Kier molecular flexibility index (Phi) is 7.82. The number of hydrogen-bond donors (Lipinski definition) is 1. The first kappa shape index (κ1) is 19.9. The topological polar surface area (TPSA) is 63.4 Å². The van der Waals surface area contributed by atoms with E-state index in [0.29, 0.717) is 17.5 Å². The molecule has 126 valence electrons. The van der Waals surface area contributed by atoms with Crippen LogP contribution in [0.15, 0.2) is 33.6 Å². The number of halogens is 2. The second-order valence-corrected chi connectivity index (χ2v) is 8.76. The van der Waals surface area contributed by atoms with Gasteiger partial charge in [-0.2, -0.15) is 0 Å². The minimum absolute atomic E-state index is 0. The molecule has 0 saturated carbocycles. The van der Waals surface area contributed by atoms with Crippen LogP contribution in [-0.4, -0.2) is 44.2 Å². The minimum Gasteiger partial charge on any atom is -0.327 e. The number of rotatable bonds is 5. The van der Waals surface area contributed by atoms with Gasteiger partial charge < -0.3 is 5.73 Å². The third-order valence-corrected chi connectivity index (χ3v) is 6.33. The van der Waals surface area contributed by atoms with Crippen LogP contribution in [-0.2, 0) is 9.84 Å². The zero-order valence-electron chi connectivity index (χ0n) is 12.7. The van der Waals surface area contributed by atoms with Gasteiger partial charge in [0.25, 0.3) is 0 Å². The largest absolute Gasteiger partial charge is 0.327 e. The van der Waals surface area contributed by atoms with Crippen LogP contribution in [0.4, 0.5) is 0 Å². The van der Waals surface area contributed by atoms with Gasteiger partial charge in [0.2, 0.25) is 0 Å². The standard InChI is InChI=1S/C15H23BrN2O2S.ClH/c1-12(17)15-4-2-3-9-18(15)10-11-21(19,20)14-7-5-13(16)6-8-14;/h5-8,12,15H,2-4,9-11,17H2,1H3;1H. The van der Waals surface area contributed by atoms with Gasteiger partial charge >= 0.3 is 0 Å². The van der Waals surface area contributed by atoms with Crippen LogP contribution in [0.25, 0.3) is 0 Å². The second kappa shape index (κ2) is 8.64. The zero-order valence-corrected chi connectivity index (χ0v) is 16.0. The summed E-state index contributed by atoms with van der Waals surface area (Å²) in [5.74, 6) is 0.151. The number of hydrogen-bond acceptors (Lipinski definition) is 4. The molecule has 2 rings (SSSR count). The van der Waals surface area contributed by atoms with E-state index in [1.807, 2.05) is 6.92 Å². The monoisotopic (exact) mass is 410 g/mol. The molecule has 1 aliphatic heterocycles. The Morgan fingerprint density at radius 1 is 1.32 bits per heavy atom. The predicted octanol–water partition coefficient (Wildman–Crippen LogP) is 2.85. The van der Waals surface area contributed by atoms with E-state index in [-0.39, 0.29) is 24.2 Å². The summed E-state index contributed by atoms with van der Waals surface area (Å²) in [6.45, 7) is 3.51. The van der Waals surface area contributed by atoms with Gasteiger partial charge in [-0.1, -0.05) is 22.4 Å². The third kappa shape index (κ3) is 5.20. The molecule has 4 nitrogen and oxygen atoms in total. The quantitative estimate of drug-likeness (QED) is 0.809. The molecule has 2 N–H and O–H groups in total. The summed E-state index contributed by atoms with van der Waals surface area (Å²) in [6, 6.07) is 7.22. The molecule has 0 bridgehead atoms. The van der Waals surface area contributed by atoms with E-state index in [2.05, 4.69) is 20.8 Å². The van der Waals surface area contributed by atoms with Gasteiger partial charge in [-0.25, -0.2) is 8.42 Å². The summed E-state index contributed by atoms with van der Waals surface area (Å²) in [5.41, 5.74) is 6.03. The maximum Gasteiger partial charge on any atom is 0.179 e. The van der Waals surface area contributed by atoms with Crippen molar-refractivity contribution in [3.63, 3.8) is 0 Å². The number of sulfone groups is 1. The summed E-state index contributed by atoms with van der Waals surface area (Å²) >= 11 is 3.32. The summed E-state index contributed by atoms with van der Waals surface area (Å²) in [6.07, 6.45) is 3.37. The van der Waals surface area contributed by atoms with Gasteiger partial charge in [-0.3, -0.25) is 4.90 Å². The SMILES string of the molecule is CC(N)C1CCCCN1CCS(=O)(=O)c1ccc(Br)cc1.Cl. The highest BCUT2D eigenvalue weighted by molar-refractivity contribution is 9.10. The number of likely N-dealkylation sites (tertiary alicyclic amines) is 1. The van der Waals surface area contributed by atoms with Crippen molar-refractivity contribution in [2.75, 3.05) is 18.8 Å². The molecule has 1 aromatic carbocycles. The molecule has 7 heteroatoms. The normalized spacial score (nSPS) is 21.1. The highest BCUT2D eigenvalue weighted by Crippen LogP contribution is 2.20. The maximum atomic E-state index is 12.4. The van der Waals surface area contributed by atoms with Gasteiger partial charge in [-0.15, -0.1) is 12.4 Å². The van der Waals surface area contributed by atoms with E-state index >= 15 is 0 Å². The molecule has 2 atom stereocenters. The maximum absolute atomic E-state index is 12.4. The van der Waals surface area contributed by atoms with Gasteiger partial charge in [0, 0.05) is 23.1 Å². The Hall–Kier alpha value is -0.140. The van der Waals surface area contributed by atoms with E-state index in [1.165, 1.54) is 6.42 Å². The number of nitrogens with two attached hydrogens (primary N) is 1. The van der Waals surface area contributed by atoms with Crippen molar-refractivity contribution in [2.45, 2.75) is 43.2 Å². The van der Waals surface area contributed by atoms with Crippen LogP contribution < -0.4 is 5.73 Å². The molecule has 0 radical (unpaired) electrons. The lowest BCUT2D eigenvalue weighted by Gasteiger charge is -2.37. The molecule has 0 amide bonds. The van der Waals surface area contributed by atoms with Crippen LogP contribution in [0.5, 0.6) is 0 Å². The van der Waals surface area contributed by atoms with Crippen molar-refractivity contribution >= 4 is 38.2 Å². The smallest absolute Gasteiger partial charge is 0.179 e. The molecule has 1 fully saturated rings. The lowest BCUT2D eigenvalue weighted by molar-refractivity contribution is 0.139. The number of benzene rings is 1. The van der Waals surface area contributed by atoms with Gasteiger partial charge in [0.15, 0.2) is 9.84 Å². The second-order valence-electron chi connectivity index (χ2n) is 5.73. The van der Waals surface area contributed by atoms with Crippen molar-refractivity contribution in [1.29, 1.82) is 0 Å². The first-order valence-corrected chi connectivity index (χ1v) is 9.82. The molecule has 0 aromatic heterocycles. The average Bonchev–Trinajstić information content (AvgIpc) is 2.46. The van der Waals surface area contributed by atoms with Gasteiger partial charge in [0.05, 0.1) is 10.6 Å². The molecule has 0 aliphatic carbocycles. The van der Waals surface area contributed by atoms with E-state index in [1.54, 1.807) is 24.3 Å². The molecule has 1 aromatic rings. The minimum atomic E-state index is -3.23. The van der Waals surface area contributed by atoms with Crippen LogP contribution in [0, 0.1) is 0 Å². The van der Waals surface area contributed by atoms with E-state index < -0.39 is 9.84 Å². The average molecular weight is 412 g/mol. The van der Waals surface area contributed by atoms with E-state index in [4.69, 9.17) is 5.73 Å². The fourth-order valence-corrected chi connectivity index (χ4v) is 4.41. The first-order valence-electron chi connectivity index (χ1n) is 7.38. The van der Waals surface area contributed by atoms with Crippen LogP contribution in [0.2, 0.25) is 0 Å². The predicted molar refractivity (Wildman–Crippen MR) is 96.3 cm³/mol. The highest BCUT2D eigenvalue weighted by Gasteiger charge is 2.26. The number of piperidine rings is 1.